The summed E-state index contributed by atoms with van der Waals surface area (Å²) in [5.41, 5.74) is 2.53. The van der Waals surface area contributed by atoms with Crippen LogP contribution in [-0.2, 0) is 22.6 Å². The second-order valence-electron chi connectivity index (χ2n) is 5.60. The van der Waals surface area contributed by atoms with Crippen molar-refractivity contribution in [2.75, 3.05) is 0 Å². The number of halogens is 1. The van der Waals surface area contributed by atoms with Crippen molar-refractivity contribution in [3.05, 3.63) is 52.4 Å². The highest BCUT2D eigenvalue weighted by molar-refractivity contribution is 6.30. The van der Waals surface area contributed by atoms with Gasteiger partial charge in [0.05, 0.1) is 18.0 Å². The smallest absolute Gasteiger partial charge is 0.264 e. The fourth-order valence-corrected chi connectivity index (χ4v) is 2.56. The van der Waals surface area contributed by atoms with E-state index in [1.807, 2.05) is 18.2 Å². The summed E-state index contributed by atoms with van der Waals surface area (Å²) >= 11 is 5.87. The molecule has 1 aliphatic rings. The predicted molar refractivity (Wildman–Crippen MR) is 89.8 cm³/mol. The number of hydrogen-bond acceptors (Lipinski definition) is 5. The molecule has 1 atom stereocenters. The maximum Gasteiger partial charge on any atom is 0.264 e. The molecule has 0 aliphatic carbocycles. The molecule has 1 aliphatic heterocycles. The van der Waals surface area contributed by atoms with Crippen molar-refractivity contribution in [3.8, 4) is 0 Å². The van der Waals surface area contributed by atoms with E-state index in [2.05, 4.69) is 22.6 Å². The van der Waals surface area contributed by atoms with Crippen molar-refractivity contribution in [1.29, 1.82) is 0 Å². The third kappa shape index (κ3) is 3.94. The quantitative estimate of drug-likeness (QED) is 0.871. The van der Waals surface area contributed by atoms with Crippen LogP contribution in [0.5, 0.6) is 0 Å². The molecule has 3 rings (SSSR count). The highest BCUT2D eigenvalue weighted by atomic mass is 35.5. The van der Waals surface area contributed by atoms with Crippen molar-refractivity contribution in [2.45, 2.75) is 38.8 Å². The lowest BCUT2D eigenvalue weighted by Crippen LogP contribution is -2.34. The minimum atomic E-state index is -0.631. The fraction of sp³-hybridized carbons (Fsp3) is 0.353. The van der Waals surface area contributed by atoms with Crippen molar-refractivity contribution in [2.24, 2.45) is 5.16 Å². The molecule has 6 nitrogen and oxygen atoms in total. The zero-order valence-electron chi connectivity index (χ0n) is 13.3. The number of benzene rings is 1. The standard InChI is InChI=1S/C17H18ClN3O3/c1-2-3-13-8-14(23-20-13)10-19-17(22)16-9-15(21-24-16)11-4-6-12(18)7-5-11/h4-8,16H,2-3,9-10H2,1H3,(H,19,22). The summed E-state index contributed by atoms with van der Waals surface area (Å²) < 4.78 is 5.19. The molecule has 0 bridgehead atoms. The normalized spacial score (nSPS) is 16.6. The van der Waals surface area contributed by atoms with Gasteiger partial charge < -0.3 is 14.7 Å². The monoisotopic (exact) mass is 347 g/mol. The van der Waals surface area contributed by atoms with E-state index < -0.39 is 6.10 Å². The Labute approximate surface area is 144 Å². The average Bonchev–Trinajstić information content (AvgIpc) is 3.23. The number of carbonyl (C=O) groups is 1. The molecule has 0 spiro atoms. The summed E-state index contributed by atoms with van der Waals surface area (Å²) in [4.78, 5) is 17.4. The predicted octanol–water partition coefficient (Wildman–Crippen LogP) is 3.09. The lowest BCUT2D eigenvalue weighted by Gasteiger charge is -2.07. The van der Waals surface area contributed by atoms with E-state index in [1.165, 1.54) is 0 Å². The number of aryl methyl sites for hydroxylation is 1. The summed E-state index contributed by atoms with van der Waals surface area (Å²) in [7, 11) is 0. The van der Waals surface area contributed by atoms with Crippen LogP contribution in [0, 0.1) is 0 Å². The van der Waals surface area contributed by atoms with Gasteiger partial charge in [0, 0.05) is 17.5 Å². The zero-order valence-corrected chi connectivity index (χ0v) is 14.0. The molecule has 0 fully saturated rings. The molecule has 126 valence electrons. The number of nitrogens with zero attached hydrogens (tertiary/aromatic N) is 2. The highest BCUT2D eigenvalue weighted by Gasteiger charge is 2.28. The van der Waals surface area contributed by atoms with Gasteiger partial charge in [0.15, 0.2) is 5.76 Å². The van der Waals surface area contributed by atoms with Crippen molar-refractivity contribution in [1.82, 2.24) is 10.5 Å². The Bertz CT molecular complexity index is 740. The van der Waals surface area contributed by atoms with Gasteiger partial charge in [-0.15, -0.1) is 0 Å². The largest absolute Gasteiger partial charge is 0.382 e. The fourth-order valence-electron chi connectivity index (χ4n) is 2.43. The Kier molecular flexibility index (Phi) is 5.15. The lowest BCUT2D eigenvalue weighted by atomic mass is 10.0. The topological polar surface area (TPSA) is 76.7 Å². The van der Waals surface area contributed by atoms with E-state index >= 15 is 0 Å². The SMILES string of the molecule is CCCc1cc(CNC(=O)C2CC(c3ccc(Cl)cc3)=NO2)on1. The molecule has 1 aromatic heterocycles. The third-order valence-electron chi connectivity index (χ3n) is 3.69. The van der Waals surface area contributed by atoms with Gasteiger partial charge in [-0.3, -0.25) is 4.79 Å². The molecule has 2 heterocycles. The van der Waals surface area contributed by atoms with Crippen LogP contribution < -0.4 is 5.32 Å². The maximum atomic E-state index is 12.2. The molecular formula is C17H18ClN3O3. The molecule has 2 aromatic rings. The Balaban J connectivity index is 1.50. The molecule has 0 radical (unpaired) electrons. The van der Waals surface area contributed by atoms with Crippen molar-refractivity contribution >= 4 is 23.2 Å². The van der Waals surface area contributed by atoms with Crippen LogP contribution in [0.3, 0.4) is 0 Å². The van der Waals surface area contributed by atoms with Crippen molar-refractivity contribution < 1.29 is 14.2 Å². The molecular weight excluding hydrogens is 330 g/mol. The van der Waals surface area contributed by atoms with Crippen molar-refractivity contribution in [3.63, 3.8) is 0 Å². The molecule has 0 saturated heterocycles. The Morgan fingerprint density at radius 1 is 1.38 bits per heavy atom. The lowest BCUT2D eigenvalue weighted by molar-refractivity contribution is -0.131. The third-order valence-corrected chi connectivity index (χ3v) is 3.94. The van der Waals surface area contributed by atoms with Gasteiger partial charge in [-0.1, -0.05) is 47.4 Å². The second kappa shape index (κ2) is 7.49. The van der Waals surface area contributed by atoms with Gasteiger partial charge in [0.2, 0.25) is 6.10 Å². The molecule has 1 unspecified atom stereocenters. The Hall–Kier alpha value is -2.34. The van der Waals surface area contributed by atoms with Gasteiger partial charge in [0.1, 0.15) is 0 Å². The molecule has 1 aromatic carbocycles. The van der Waals surface area contributed by atoms with Gasteiger partial charge in [0.25, 0.3) is 5.91 Å². The van der Waals surface area contributed by atoms with E-state index in [0.717, 1.165) is 29.8 Å². The van der Waals surface area contributed by atoms with Gasteiger partial charge in [-0.25, -0.2) is 0 Å². The van der Waals surface area contributed by atoms with Crippen LogP contribution >= 0.6 is 11.6 Å². The first-order valence-electron chi connectivity index (χ1n) is 7.86. The van der Waals surface area contributed by atoms with Crippen LogP contribution in [0.15, 0.2) is 40.0 Å². The molecule has 7 heteroatoms. The van der Waals surface area contributed by atoms with E-state index in [-0.39, 0.29) is 12.5 Å². The maximum absolute atomic E-state index is 12.2. The van der Waals surface area contributed by atoms with E-state index in [9.17, 15) is 4.79 Å². The first-order chi connectivity index (χ1) is 11.7. The van der Waals surface area contributed by atoms with Crippen LogP contribution in [0.25, 0.3) is 0 Å². The van der Waals surface area contributed by atoms with Crippen LogP contribution in [-0.4, -0.2) is 22.9 Å². The number of amides is 1. The molecule has 24 heavy (non-hydrogen) atoms. The minimum Gasteiger partial charge on any atom is -0.382 e. The van der Waals surface area contributed by atoms with E-state index in [0.29, 0.717) is 17.2 Å². The molecule has 1 N–H and O–H groups in total. The Morgan fingerprint density at radius 2 is 2.17 bits per heavy atom. The van der Waals surface area contributed by atoms with Gasteiger partial charge in [-0.2, -0.15) is 0 Å². The number of nitrogens with one attached hydrogen (secondary N) is 1. The first kappa shape index (κ1) is 16.5. The summed E-state index contributed by atoms with van der Waals surface area (Å²) in [6.07, 6.45) is 1.65. The molecule has 1 amide bonds. The van der Waals surface area contributed by atoms with Crippen LogP contribution in [0.1, 0.15) is 36.8 Å². The number of oxime groups is 1. The van der Waals surface area contributed by atoms with E-state index in [4.69, 9.17) is 21.0 Å². The number of aromatic nitrogens is 1. The second-order valence-corrected chi connectivity index (χ2v) is 6.03. The van der Waals surface area contributed by atoms with Crippen LogP contribution in [0.4, 0.5) is 0 Å². The summed E-state index contributed by atoms with van der Waals surface area (Å²) in [6.45, 7) is 2.36. The average molecular weight is 348 g/mol. The summed E-state index contributed by atoms with van der Waals surface area (Å²) in [5.74, 6) is 0.403. The minimum absolute atomic E-state index is 0.226. The van der Waals surface area contributed by atoms with Gasteiger partial charge in [-0.05, 0) is 24.1 Å². The number of rotatable bonds is 6. The first-order valence-corrected chi connectivity index (χ1v) is 8.24. The molecule has 0 saturated carbocycles. The highest BCUT2D eigenvalue weighted by Crippen LogP contribution is 2.19. The Morgan fingerprint density at radius 3 is 2.92 bits per heavy atom. The number of carbonyl (C=O) groups excluding carboxylic acids is 1. The summed E-state index contributed by atoms with van der Waals surface area (Å²) in [6, 6.07) is 9.13. The zero-order chi connectivity index (χ0) is 16.9. The number of hydrogen-bond donors (Lipinski definition) is 1. The van der Waals surface area contributed by atoms with Gasteiger partial charge >= 0.3 is 0 Å². The van der Waals surface area contributed by atoms with E-state index in [1.54, 1.807) is 12.1 Å². The summed E-state index contributed by atoms with van der Waals surface area (Å²) in [5, 5.41) is 11.4. The van der Waals surface area contributed by atoms with Crippen LogP contribution in [0.2, 0.25) is 5.02 Å².